The quantitative estimate of drug-likeness (QED) is 0.719. The first kappa shape index (κ1) is 10.5. The van der Waals surface area contributed by atoms with Gasteiger partial charge in [-0.05, 0) is 23.8 Å². The van der Waals surface area contributed by atoms with Gasteiger partial charge in [-0.25, -0.2) is 0 Å². The van der Waals surface area contributed by atoms with Crippen molar-refractivity contribution in [3.05, 3.63) is 65.2 Å². The Morgan fingerprint density at radius 1 is 0.895 bits per heavy atom. The highest BCUT2D eigenvalue weighted by molar-refractivity contribution is 6.17. The second kappa shape index (κ2) is 3.54. The van der Waals surface area contributed by atoms with E-state index in [1.165, 1.54) is 0 Å². The van der Waals surface area contributed by atoms with E-state index in [2.05, 4.69) is 0 Å². The number of hydrogen-bond acceptors (Lipinski definition) is 2. The summed E-state index contributed by atoms with van der Waals surface area (Å²) in [6, 6.07) is 14.8. The van der Waals surface area contributed by atoms with Crippen LogP contribution in [-0.2, 0) is 0 Å². The normalized spacial score (nSPS) is 20.0. The maximum Gasteiger partial charge on any atom is 0.259 e. The number of benzene rings is 2. The van der Waals surface area contributed by atoms with Crippen molar-refractivity contribution in [1.29, 1.82) is 0 Å². The number of carbonyl (C=O) groups excluding carboxylic acids is 2. The molecule has 0 bridgehead atoms. The zero-order chi connectivity index (χ0) is 13.0. The van der Waals surface area contributed by atoms with Crippen LogP contribution in [0.1, 0.15) is 38.7 Å². The standard InChI is InChI=1S/C16H11NO2/c18-15-9-14-10-5-1-2-6-11(10)16(19)17(14)13-8-4-3-7-12(13)15/h1-8,14H,9H2. The highest BCUT2D eigenvalue weighted by Gasteiger charge is 2.42. The fraction of sp³-hybridized carbons (Fsp3) is 0.125. The number of Topliss-reactive ketones (excluding diaryl/α,β-unsaturated/α-hetero) is 1. The van der Waals surface area contributed by atoms with E-state index in [1.807, 2.05) is 42.5 Å². The van der Waals surface area contributed by atoms with Crippen molar-refractivity contribution in [2.24, 2.45) is 0 Å². The van der Waals surface area contributed by atoms with E-state index in [-0.39, 0.29) is 17.7 Å². The number of anilines is 1. The minimum absolute atomic E-state index is 0.000509. The highest BCUT2D eigenvalue weighted by Crippen LogP contribution is 2.44. The van der Waals surface area contributed by atoms with Gasteiger partial charge in [0, 0.05) is 17.5 Å². The van der Waals surface area contributed by atoms with Gasteiger partial charge in [-0.1, -0.05) is 30.3 Å². The average Bonchev–Trinajstić information content (AvgIpc) is 2.73. The smallest absolute Gasteiger partial charge is 0.259 e. The maximum atomic E-state index is 12.5. The molecule has 2 heterocycles. The molecule has 3 heteroatoms. The van der Waals surface area contributed by atoms with Crippen LogP contribution in [0.15, 0.2) is 48.5 Å². The summed E-state index contributed by atoms with van der Waals surface area (Å²) >= 11 is 0. The van der Waals surface area contributed by atoms with Crippen molar-refractivity contribution < 1.29 is 9.59 Å². The van der Waals surface area contributed by atoms with Crippen LogP contribution in [0.4, 0.5) is 5.69 Å². The van der Waals surface area contributed by atoms with Crippen molar-refractivity contribution in [2.45, 2.75) is 12.5 Å². The summed E-state index contributed by atoms with van der Waals surface area (Å²) < 4.78 is 0. The van der Waals surface area contributed by atoms with Crippen LogP contribution in [0, 0.1) is 0 Å². The second-order valence-corrected chi connectivity index (χ2v) is 4.92. The van der Waals surface area contributed by atoms with Crippen LogP contribution < -0.4 is 4.90 Å². The molecule has 0 saturated heterocycles. The van der Waals surface area contributed by atoms with Gasteiger partial charge in [0.1, 0.15) is 0 Å². The number of ketones is 1. The molecule has 0 fully saturated rings. The Labute approximate surface area is 110 Å². The van der Waals surface area contributed by atoms with Gasteiger partial charge >= 0.3 is 0 Å². The first-order valence-corrected chi connectivity index (χ1v) is 6.32. The molecule has 0 spiro atoms. The molecule has 3 nitrogen and oxygen atoms in total. The molecule has 0 N–H and O–H groups in total. The molecule has 2 aliphatic rings. The lowest BCUT2D eigenvalue weighted by Gasteiger charge is -2.31. The Morgan fingerprint density at radius 3 is 2.42 bits per heavy atom. The van der Waals surface area contributed by atoms with Gasteiger partial charge in [0.15, 0.2) is 5.78 Å². The second-order valence-electron chi connectivity index (χ2n) is 4.92. The van der Waals surface area contributed by atoms with Gasteiger partial charge in [0.25, 0.3) is 5.91 Å². The number of hydrogen-bond donors (Lipinski definition) is 0. The zero-order valence-corrected chi connectivity index (χ0v) is 10.2. The van der Waals surface area contributed by atoms with Crippen LogP contribution >= 0.6 is 0 Å². The molecular formula is C16H11NO2. The molecule has 0 saturated carbocycles. The van der Waals surface area contributed by atoms with Gasteiger partial charge in [-0.3, -0.25) is 14.5 Å². The molecule has 0 radical (unpaired) electrons. The number of rotatable bonds is 0. The van der Waals surface area contributed by atoms with Gasteiger partial charge in [0.2, 0.25) is 0 Å². The lowest BCUT2D eigenvalue weighted by atomic mass is 9.92. The molecule has 0 aromatic heterocycles. The molecular weight excluding hydrogens is 238 g/mol. The van der Waals surface area contributed by atoms with Crippen LogP contribution in [0.25, 0.3) is 0 Å². The number of para-hydroxylation sites is 1. The Morgan fingerprint density at radius 2 is 1.58 bits per heavy atom. The van der Waals surface area contributed by atoms with Gasteiger partial charge in [-0.2, -0.15) is 0 Å². The Hall–Kier alpha value is -2.42. The predicted molar refractivity (Wildman–Crippen MR) is 71.4 cm³/mol. The molecule has 92 valence electrons. The number of fused-ring (bicyclic) bond motifs is 5. The van der Waals surface area contributed by atoms with Crippen molar-refractivity contribution in [2.75, 3.05) is 4.90 Å². The van der Waals surface area contributed by atoms with E-state index in [0.717, 1.165) is 16.8 Å². The summed E-state index contributed by atoms with van der Waals surface area (Å²) in [7, 11) is 0. The number of carbonyl (C=O) groups is 2. The van der Waals surface area contributed by atoms with E-state index >= 15 is 0 Å². The third-order valence-electron chi connectivity index (χ3n) is 3.92. The van der Waals surface area contributed by atoms with Crippen molar-refractivity contribution in [1.82, 2.24) is 0 Å². The van der Waals surface area contributed by atoms with Crippen molar-refractivity contribution in [3.63, 3.8) is 0 Å². The van der Waals surface area contributed by atoms with Gasteiger partial charge in [-0.15, -0.1) is 0 Å². The van der Waals surface area contributed by atoms with Crippen LogP contribution in [0.2, 0.25) is 0 Å². The summed E-state index contributed by atoms with van der Waals surface area (Å²) in [4.78, 5) is 26.5. The average molecular weight is 249 g/mol. The van der Waals surface area contributed by atoms with Crippen LogP contribution in [-0.4, -0.2) is 11.7 Å². The minimum Gasteiger partial charge on any atom is -0.300 e. The van der Waals surface area contributed by atoms with E-state index in [1.54, 1.807) is 11.0 Å². The molecule has 1 amide bonds. The van der Waals surface area contributed by atoms with Crippen LogP contribution in [0.3, 0.4) is 0 Å². The molecule has 0 aliphatic carbocycles. The van der Waals surface area contributed by atoms with Crippen molar-refractivity contribution >= 4 is 17.4 Å². The molecule has 2 aromatic rings. The van der Waals surface area contributed by atoms with Gasteiger partial charge < -0.3 is 0 Å². The fourth-order valence-electron chi connectivity index (χ4n) is 3.08. The summed E-state index contributed by atoms with van der Waals surface area (Å²) in [6.07, 6.45) is 0.375. The Kier molecular flexibility index (Phi) is 1.96. The van der Waals surface area contributed by atoms with E-state index in [0.29, 0.717) is 12.0 Å². The third kappa shape index (κ3) is 1.27. The molecule has 1 atom stereocenters. The molecule has 1 unspecified atom stereocenters. The first-order chi connectivity index (χ1) is 9.27. The van der Waals surface area contributed by atoms with E-state index in [9.17, 15) is 9.59 Å². The Bertz CT molecular complexity index is 720. The van der Waals surface area contributed by atoms with Gasteiger partial charge in [0.05, 0.1) is 11.7 Å². The van der Waals surface area contributed by atoms with E-state index < -0.39 is 0 Å². The molecule has 19 heavy (non-hydrogen) atoms. The molecule has 4 rings (SSSR count). The lowest BCUT2D eigenvalue weighted by molar-refractivity contribution is 0.0947. The number of nitrogens with zero attached hydrogens (tertiary/aromatic N) is 1. The first-order valence-electron chi connectivity index (χ1n) is 6.32. The fourth-order valence-corrected chi connectivity index (χ4v) is 3.08. The monoisotopic (exact) mass is 249 g/mol. The lowest BCUT2D eigenvalue weighted by Crippen LogP contribution is -2.34. The summed E-state index contributed by atoms with van der Waals surface area (Å²) in [5.41, 5.74) is 3.08. The largest absolute Gasteiger partial charge is 0.300 e. The topological polar surface area (TPSA) is 37.4 Å². The van der Waals surface area contributed by atoms with Crippen molar-refractivity contribution in [3.8, 4) is 0 Å². The maximum absolute atomic E-state index is 12.5. The van der Waals surface area contributed by atoms with E-state index in [4.69, 9.17) is 0 Å². The predicted octanol–water partition coefficient (Wildman–Crippen LogP) is 2.97. The SMILES string of the molecule is O=C1CC2c3ccccc3C(=O)N2c2ccccc21. The number of amides is 1. The van der Waals surface area contributed by atoms with Crippen LogP contribution in [0.5, 0.6) is 0 Å². The zero-order valence-electron chi connectivity index (χ0n) is 10.2. The summed E-state index contributed by atoms with van der Waals surface area (Å²) in [5, 5.41) is 0. The third-order valence-corrected chi connectivity index (χ3v) is 3.92. The summed E-state index contributed by atoms with van der Waals surface area (Å²) in [6.45, 7) is 0. The molecule has 2 aliphatic heterocycles. The summed E-state index contributed by atoms with van der Waals surface area (Å²) in [5.74, 6) is 0.113. The minimum atomic E-state index is -0.133. The Balaban J connectivity index is 1.97. The highest BCUT2D eigenvalue weighted by atomic mass is 16.2. The molecule has 2 aromatic carbocycles.